The quantitative estimate of drug-likeness (QED) is 0.481. The third kappa shape index (κ3) is 2.80. The van der Waals surface area contributed by atoms with Crippen LogP contribution in [0.15, 0.2) is 40.7 Å². The molecule has 0 spiro atoms. The molecule has 1 rings (SSSR count). The summed E-state index contributed by atoms with van der Waals surface area (Å²) in [4.78, 5) is 4.70. The third-order valence-electron chi connectivity index (χ3n) is 1.10. The van der Waals surface area contributed by atoms with Gasteiger partial charge in [-0.05, 0) is 19.1 Å². The highest BCUT2D eigenvalue weighted by atomic mass is 16.6. The van der Waals surface area contributed by atoms with Crippen molar-refractivity contribution in [2.45, 2.75) is 6.92 Å². The molecule has 0 atom stereocenters. The Labute approximate surface area is 65.7 Å². The van der Waals surface area contributed by atoms with E-state index in [1.54, 1.807) is 0 Å². The lowest BCUT2D eigenvalue weighted by Crippen LogP contribution is -1.74. The van der Waals surface area contributed by atoms with E-state index in [-0.39, 0.29) is 0 Å². The van der Waals surface area contributed by atoms with Gasteiger partial charge in [0.15, 0.2) is 0 Å². The number of nitrogens with zero attached hydrogens (tertiary/aromatic N) is 2. The minimum atomic E-state index is 0.552. The van der Waals surface area contributed by atoms with Gasteiger partial charge in [0.1, 0.15) is 6.61 Å². The van der Waals surface area contributed by atoms with E-state index in [0.29, 0.717) is 6.61 Å². The monoisotopic (exact) mass is 150 g/mol. The van der Waals surface area contributed by atoms with Gasteiger partial charge in [-0.2, -0.15) is 0 Å². The van der Waals surface area contributed by atoms with Crippen LogP contribution < -0.4 is 0 Å². The number of hydrogen-bond acceptors (Lipinski definition) is 3. The van der Waals surface area contributed by atoms with Gasteiger partial charge in [-0.15, -0.1) is 5.11 Å². The maximum atomic E-state index is 4.70. The van der Waals surface area contributed by atoms with Gasteiger partial charge in [0.05, 0.1) is 5.69 Å². The highest BCUT2D eigenvalue weighted by molar-refractivity contribution is 5.34. The molecule has 0 fully saturated rings. The summed E-state index contributed by atoms with van der Waals surface area (Å²) in [7, 11) is 0. The standard InChI is InChI=1S/C8H10N2O/c1-2-11-10-9-8-6-4-3-5-7-8/h3-7H,2H2,1H3. The van der Waals surface area contributed by atoms with Crippen molar-refractivity contribution in [3.63, 3.8) is 0 Å². The van der Waals surface area contributed by atoms with Gasteiger partial charge < -0.3 is 4.84 Å². The molecule has 58 valence electrons. The molecule has 0 saturated heterocycles. The van der Waals surface area contributed by atoms with Crippen molar-refractivity contribution in [1.29, 1.82) is 0 Å². The molecule has 0 unspecified atom stereocenters. The molecule has 0 amide bonds. The summed E-state index contributed by atoms with van der Waals surface area (Å²) in [5.74, 6) is 0. The lowest BCUT2D eigenvalue weighted by atomic mass is 10.3. The van der Waals surface area contributed by atoms with Crippen LogP contribution in [0, 0.1) is 0 Å². The van der Waals surface area contributed by atoms with Crippen LogP contribution in [0.5, 0.6) is 0 Å². The summed E-state index contributed by atoms with van der Waals surface area (Å²) in [6.45, 7) is 2.42. The normalized spacial score (nSPS) is 10.3. The molecule has 3 heteroatoms. The Kier molecular flexibility index (Phi) is 3.12. The van der Waals surface area contributed by atoms with E-state index in [9.17, 15) is 0 Å². The van der Waals surface area contributed by atoms with Gasteiger partial charge in [0.2, 0.25) is 0 Å². The van der Waals surface area contributed by atoms with Gasteiger partial charge in [0.25, 0.3) is 0 Å². The summed E-state index contributed by atoms with van der Waals surface area (Å²) < 4.78 is 0. The fourth-order valence-electron chi connectivity index (χ4n) is 0.628. The maximum absolute atomic E-state index is 4.70. The average molecular weight is 150 g/mol. The molecule has 0 heterocycles. The van der Waals surface area contributed by atoms with Crippen LogP contribution in [-0.4, -0.2) is 6.61 Å². The zero-order chi connectivity index (χ0) is 7.94. The molecule has 0 radical (unpaired) electrons. The third-order valence-corrected chi connectivity index (χ3v) is 1.10. The molecular weight excluding hydrogens is 140 g/mol. The van der Waals surface area contributed by atoms with E-state index in [2.05, 4.69) is 10.4 Å². The molecule has 11 heavy (non-hydrogen) atoms. The summed E-state index contributed by atoms with van der Waals surface area (Å²) in [6, 6.07) is 9.46. The highest BCUT2D eigenvalue weighted by Crippen LogP contribution is 2.09. The van der Waals surface area contributed by atoms with Crippen molar-refractivity contribution in [2.75, 3.05) is 6.61 Å². The molecule has 0 bridgehead atoms. The Morgan fingerprint density at radius 3 is 2.64 bits per heavy atom. The zero-order valence-corrected chi connectivity index (χ0v) is 6.40. The Morgan fingerprint density at radius 1 is 1.27 bits per heavy atom. The zero-order valence-electron chi connectivity index (χ0n) is 6.40. The number of hydrogen-bond donors (Lipinski definition) is 0. The average Bonchev–Trinajstić information content (AvgIpc) is 2.07. The van der Waals surface area contributed by atoms with Crippen molar-refractivity contribution in [2.24, 2.45) is 10.4 Å². The van der Waals surface area contributed by atoms with Crippen molar-refractivity contribution in [1.82, 2.24) is 0 Å². The molecule has 0 aliphatic rings. The Morgan fingerprint density at radius 2 is 2.00 bits per heavy atom. The van der Waals surface area contributed by atoms with Crippen molar-refractivity contribution < 1.29 is 4.84 Å². The molecule has 1 aromatic carbocycles. The van der Waals surface area contributed by atoms with Crippen LogP contribution in [-0.2, 0) is 4.84 Å². The fraction of sp³-hybridized carbons (Fsp3) is 0.250. The van der Waals surface area contributed by atoms with E-state index in [0.717, 1.165) is 5.69 Å². The maximum Gasteiger partial charge on any atom is 0.116 e. The molecule has 0 aromatic heterocycles. The minimum Gasteiger partial charge on any atom is -0.380 e. The van der Waals surface area contributed by atoms with E-state index >= 15 is 0 Å². The second kappa shape index (κ2) is 4.44. The first kappa shape index (κ1) is 7.72. The second-order valence-electron chi connectivity index (χ2n) is 1.93. The minimum absolute atomic E-state index is 0.552. The molecule has 3 nitrogen and oxygen atoms in total. The van der Waals surface area contributed by atoms with Crippen molar-refractivity contribution in [3.8, 4) is 0 Å². The lowest BCUT2D eigenvalue weighted by Gasteiger charge is -1.89. The Balaban J connectivity index is 2.50. The second-order valence-corrected chi connectivity index (χ2v) is 1.93. The van der Waals surface area contributed by atoms with E-state index in [1.807, 2.05) is 37.3 Å². The van der Waals surface area contributed by atoms with Crippen LogP contribution in [0.1, 0.15) is 6.92 Å². The Hall–Kier alpha value is -1.38. The highest BCUT2D eigenvalue weighted by Gasteiger charge is 1.82. The number of rotatable bonds is 3. The Bertz CT molecular complexity index is 221. The summed E-state index contributed by atoms with van der Waals surface area (Å²) in [5.41, 5.74) is 0.806. The summed E-state index contributed by atoms with van der Waals surface area (Å²) in [5, 5.41) is 7.28. The SMILES string of the molecule is CCON=Nc1ccccc1. The molecule has 0 N–H and O–H groups in total. The molecular formula is C8H10N2O. The lowest BCUT2D eigenvalue weighted by molar-refractivity contribution is 0.139. The number of benzene rings is 1. The van der Waals surface area contributed by atoms with Crippen LogP contribution in [0.2, 0.25) is 0 Å². The van der Waals surface area contributed by atoms with Crippen LogP contribution in [0.3, 0.4) is 0 Å². The first-order chi connectivity index (χ1) is 5.43. The fourth-order valence-corrected chi connectivity index (χ4v) is 0.628. The first-order valence-corrected chi connectivity index (χ1v) is 3.51. The van der Waals surface area contributed by atoms with Crippen LogP contribution >= 0.6 is 0 Å². The molecule has 0 aliphatic heterocycles. The molecule has 0 aliphatic carbocycles. The largest absolute Gasteiger partial charge is 0.380 e. The van der Waals surface area contributed by atoms with Crippen molar-refractivity contribution >= 4 is 5.69 Å². The van der Waals surface area contributed by atoms with Gasteiger partial charge >= 0.3 is 0 Å². The smallest absolute Gasteiger partial charge is 0.116 e. The predicted octanol–water partition coefficient (Wildman–Crippen LogP) is 2.72. The first-order valence-electron chi connectivity index (χ1n) is 3.51. The van der Waals surface area contributed by atoms with E-state index in [1.165, 1.54) is 0 Å². The van der Waals surface area contributed by atoms with E-state index in [4.69, 9.17) is 4.84 Å². The van der Waals surface area contributed by atoms with Crippen LogP contribution in [0.25, 0.3) is 0 Å². The predicted molar refractivity (Wildman–Crippen MR) is 42.6 cm³/mol. The summed E-state index contributed by atoms with van der Waals surface area (Å²) in [6.07, 6.45) is 0. The van der Waals surface area contributed by atoms with Crippen LogP contribution in [0.4, 0.5) is 5.69 Å². The van der Waals surface area contributed by atoms with Gasteiger partial charge in [0, 0.05) is 5.28 Å². The molecule has 1 aromatic rings. The van der Waals surface area contributed by atoms with Gasteiger partial charge in [-0.3, -0.25) is 0 Å². The summed E-state index contributed by atoms with van der Waals surface area (Å²) >= 11 is 0. The van der Waals surface area contributed by atoms with Gasteiger partial charge in [-0.25, -0.2) is 0 Å². The molecule has 0 saturated carbocycles. The van der Waals surface area contributed by atoms with Gasteiger partial charge in [-0.1, -0.05) is 18.2 Å². The van der Waals surface area contributed by atoms with E-state index < -0.39 is 0 Å². The van der Waals surface area contributed by atoms with Crippen molar-refractivity contribution in [3.05, 3.63) is 30.3 Å². The topological polar surface area (TPSA) is 34.0 Å².